The number of halogens is 1. The Kier molecular flexibility index (Phi) is 5.10. The Labute approximate surface area is 129 Å². The lowest BCUT2D eigenvalue weighted by molar-refractivity contribution is -0.153. The van der Waals surface area contributed by atoms with Crippen molar-refractivity contribution in [3.63, 3.8) is 0 Å². The van der Waals surface area contributed by atoms with Crippen LogP contribution >= 0.6 is 22.9 Å². The van der Waals surface area contributed by atoms with Gasteiger partial charge < -0.3 is 5.11 Å². The molecule has 0 aromatic carbocycles. The van der Waals surface area contributed by atoms with Gasteiger partial charge in [-0.3, -0.25) is 9.69 Å². The number of aliphatic carboxylic acids is 1. The standard InChI is InChI=1S/C15H22ClNO2S/c1-3-6-15(14(18)19)7-9-17(10-8-15)11(2)12-4-5-13(16)20-12/h4-5,11H,3,6-10H2,1-2H3,(H,18,19). The van der Waals surface area contributed by atoms with Crippen molar-refractivity contribution in [2.75, 3.05) is 13.1 Å². The minimum atomic E-state index is -0.620. The van der Waals surface area contributed by atoms with Crippen molar-refractivity contribution in [2.45, 2.75) is 45.6 Å². The third-order valence-corrected chi connectivity index (χ3v) is 5.89. The van der Waals surface area contributed by atoms with Gasteiger partial charge in [-0.2, -0.15) is 0 Å². The Balaban J connectivity index is 2.01. The highest BCUT2D eigenvalue weighted by molar-refractivity contribution is 7.16. The Bertz CT molecular complexity index is 466. The Hall–Kier alpha value is -0.580. The lowest BCUT2D eigenvalue weighted by Gasteiger charge is -2.41. The van der Waals surface area contributed by atoms with Crippen LogP contribution < -0.4 is 0 Å². The van der Waals surface area contributed by atoms with Crippen LogP contribution in [0.15, 0.2) is 12.1 Å². The number of piperidine rings is 1. The van der Waals surface area contributed by atoms with E-state index in [2.05, 4.69) is 24.8 Å². The second-order valence-corrected chi connectivity index (χ2v) is 7.44. The molecule has 112 valence electrons. The molecule has 1 fully saturated rings. The molecule has 0 bridgehead atoms. The predicted octanol–water partition coefficient (Wildman–Crippen LogP) is 4.43. The summed E-state index contributed by atoms with van der Waals surface area (Å²) in [6.07, 6.45) is 3.22. The molecule has 1 aromatic rings. The number of hydrogen-bond donors (Lipinski definition) is 1. The van der Waals surface area contributed by atoms with Crippen molar-refractivity contribution in [3.05, 3.63) is 21.3 Å². The molecule has 3 nitrogen and oxygen atoms in total. The number of carbonyl (C=O) groups is 1. The van der Waals surface area contributed by atoms with Crippen molar-refractivity contribution in [1.82, 2.24) is 4.90 Å². The van der Waals surface area contributed by atoms with E-state index in [1.165, 1.54) is 4.88 Å². The Morgan fingerprint density at radius 1 is 1.50 bits per heavy atom. The van der Waals surface area contributed by atoms with Gasteiger partial charge in [0.05, 0.1) is 9.75 Å². The van der Waals surface area contributed by atoms with E-state index in [4.69, 9.17) is 11.6 Å². The number of hydrogen-bond acceptors (Lipinski definition) is 3. The zero-order valence-corrected chi connectivity index (χ0v) is 13.6. The van der Waals surface area contributed by atoms with Crippen LogP contribution in [0.2, 0.25) is 4.34 Å². The van der Waals surface area contributed by atoms with Gasteiger partial charge in [0.25, 0.3) is 0 Å². The minimum Gasteiger partial charge on any atom is -0.481 e. The molecule has 1 aromatic heterocycles. The molecule has 2 heterocycles. The maximum Gasteiger partial charge on any atom is 0.309 e. The molecular weight excluding hydrogens is 294 g/mol. The monoisotopic (exact) mass is 315 g/mol. The van der Waals surface area contributed by atoms with Gasteiger partial charge in [0.15, 0.2) is 0 Å². The quantitative estimate of drug-likeness (QED) is 0.874. The first-order valence-electron chi connectivity index (χ1n) is 7.21. The first-order valence-corrected chi connectivity index (χ1v) is 8.40. The first-order chi connectivity index (χ1) is 9.48. The average molecular weight is 316 g/mol. The summed E-state index contributed by atoms with van der Waals surface area (Å²) in [5.74, 6) is -0.620. The fraction of sp³-hybridized carbons (Fsp3) is 0.667. The van der Waals surface area contributed by atoms with Crippen LogP contribution in [-0.2, 0) is 4.79 Å². The van der Waals surface area contributed by atoms with Gasteiger partial charge in [-0.05, 0) is 51.4 Å². The van der Waals surface area contributed by atoms with E-state index in [0.717, 1.165) is 43.1 Å². The van der Waals surface area contributed by atoms with Crippen LogP contribution in [0.1, 0.15) is 50.4 Å². The second kappa shape index (κ2) is 6.46. The lowest BCUT2D eigenvalue weighted by atomic mass is 9.75. The maximum absolute atomic E-state index is 11.6. The molecule has 0 saturated carbocycles. The number of carboxylic acid groups (broad SMARTS) is 1. The van der Waals surface area contributed by atoms with E-state index < -0.39 is 11.4 Å². The highest BCUT2D eigenvalue weighted by Crippen LogP contribution is 2.40. The van der Waals surface area contributed by atoms with Crippen molar-refractivity contribution < 1.29 is 9.90 Å². The zero-order chi connectivity index (χ0) is 14.8. The van der Waals surface area contributed by atoms with Crippen LogP contribution in [0.3, 0.4) is 0 Å². The lowest BCUT2D eigenvalue weighted by Crippen LogP contribution is -2.45. The highest BCUT2D eigenvalue weighted by atomic mass is 35.5. The molecule has 1 aliphatic heterocycles. The van der Waals surface area contributed by atoms with E-state index in [-0.39, 0.29) is 0 Å². The molecule has 1 N–H and O–H groups in total. The Morgan fingerprint density at radius 2 is 2.15 bits per heavy atom. The summed E-state index contributed by atoms with van der Waals surface area (Å²) < 4.78 is 0.815. The number of likely N-dealkylation sites (tertiary alicyclic amines) is 1. The van der Waals surface area contributed by atoms with E-state index in [9.17, 15) is 9.90 Å². The molecule has 2 rings (SSSR count). The highest BCUT2D eigenvalue weighted by Gasteiger charge is 2.41. The van der Waals surface area contributed by atoms with Crippen LogP contribution in [0.5, 0.6) is 0 Å². The summed E-state index contributed by atoms with van der Waals surface area (Å²) in [4.78, 5) is 15.2. The summed E-state index contributed by atoms with van der Waals surface area (Å²) in [6, 6.07) is 4.32. The molecule has 5 heteroatoms. The Morgan fingerprint density at radius 3 is 2.60 bits per heavy atom. The van der Waals surface area contributed by atoms with Gasteiger partial charge in [-0.15, -0.1) is 11.3 Å². The second-order valence-electron chi connectivity index (χ2n) is 5.69. The molecule has 1 aliphatic rings. The van der Waals surface area contributed by atoms with E-state index in [0.29, 0.717) is 6.04 Å². The average Bonchev–Trinajstić information content (AvgIpc) is 2.85. The van der Waals surface area contributed by atoms with Gasteiger partial charge in [0.1, 0.15) is 0 Å². The van der Waals surface area contributed by atoms with Gasteiger partial charge >= 0.3 is 5.97 Å². The number of carboxylic acids is 1. The summed E-state index contributed by atoms with van der Waals surface area (Å²) in [5, 5.41) is 9.53. The molecule has 20 heavy (non-hydrogen) atoms. The summed E-state index contributed by atoms with van der Waals surface area (Å²) in [5.41, 5.74) is -0.502. The summed E-state index contributed by atoms with van der Waals surface area (Å²) in [7, 11) is 0. The van der Waals surface area contributed by atoms with Crippen LogP contribution in [0, 0.1) is 5.41 Å². The topological polar surface area (TPSA) is 40.5 Å². The largest absolute Gasteiger partial charge is 0.481 e. The molecule has 0 amide bonds. The van der Waals surface area contributed by atoms with Crippen molar-refractivity contribution >= 4 is 28.9 Å². The van der Waals surface area contributed by atoms with Crippen molar-refractivity contribution in [2.24, 2.45) is 5.41 Å². The van der Waals surface area contributed by atoms with E-state index in [1.54, 1.807) is 11.3 Å². The number of nitrogens with zero attached hydrogens (tertiary/aromatic N) is 1. The molecular formula is C15H22ClNO2S. The van der Waals surface area contributed by atoms with Gasteiger partial charge in [0.2, 0.25) is 0 Å². The van der Waals surface area contributed by atoms with Gasteiger partial charge in [-0.1, -0.05) is 24.9 Å². The molecule has 1 saturated heterocycles. The molecule has 1 unspecified atom stereocenters. The van der Waals surface area contributed by atoms with E-state index in [1.807, 2.05) is 6.07 Å². The maximum atomic E-state index is 11.6. The summed E-state index contributed by atoms with van der Waals surface area (Å²) in [6.45, 7) is 5.94. The fourth-order valence-electron chi connectivity index (χ4n) is 3.12. The molecule has 0 spiro atoms. The van der Waals surface area contributed by atoms with Crippen LogP contribution in [0.25, 0.3) is 0 Å². The molecule has 0 radical (unpaired) electrons. The van der Waals surface area contributed by atoms with Gasteiger partial charge in [-0.25, -0.2) is 0 Å². The first kappa shape index (κ1) is 15.8. The number of rotatable bonds is 5. The van der Waals surface area contributed by atoms with Crippen molar-refractivity contribution in [1.29, 1.82) is 0 Å². The molecule has 0 aliphatic carbocycles. The van der Waals surface area contributed by atoms with Crippen molar-refractivity contribution in [3.8, 4) is 0 Å². The molecule has 1 atom stereocenters. The zero-order valence-electron chi connectivity index (χ0n) is 12.1. The number of thiophene rings is 1. The van der Waals surface area contributed by atoms with E-state index >= 15 is 0 Å². The van der Waals surface area contributed by atoms with Crippen LogP contribution in [-0.4, -0.2) is 29.1 Å². The SMILES string of the molecule is CCCC1(C(=O)O)CCN(C(C)c2ccc(Cl)s2)CC1. The predicted molar refractivity (Wildman–Crippen MR) is 83.5 cm³/mol. The third kappa shape index (κ3) is 3.18. The third-order valence-electron chi connectivity index (χ3n) is 4.49. The van der Waals surface area contributed by atoms with Gasteiger partial charge in [0, 0.05) is 10.9 Å². The summed E-state index contributed by atoms with van der Waals surface area (Å²) >= 11 is 7.61. The smallest absolute Gasteiger partial charge is 0.309 e. The minimum absolute atomic E-state index is 0.320. The van der Waals surface area contributed by atoms with Crippen LogP contribution in [0.4, 0.5) is 0 Å². The normalized spacial score (nSPS) is 20.8. The fourth-order valence-corrected chi connectivity index (χ4v) is 4.27.